The molecule has 0 aliphatic heterocycles. The SMILES string of the molecule is C/C=C/CP(C)(=O)c1ccccc1. The highest BCUT2D eigenvalue weighted by atomic mass is 31.2. The average Bonchev–Trinajstić information content (AvgIpc) is 2.16. The van der Waals surface area contributed by atoms with Crippen LogP contribution in [0.3, 0.4) is 0 Å². The monoisotopic (exact) mass is 194 g/mol. The highest BCUT2D eigenvalue weighted by Crippen LogP contribution is 2.39. The lowest BCUT2D eigenvalue weighted by molar-refractivity contribution is 0.586. The van der Waals surface area contributed by atoms with E-state index in [4.69, 9.17) is 0 Å². The molecule has 0 spiro atoms. The predicted octanol–water partition coefficient (Wildman–Crippen LogP) is 2.88. The number of allylic oxidation sites excluding steroid dienone is 2. The molecule has 70 valence electrons. The van der Waals surface area contributed by atoms with E-state index in [-0.39, 0.29) is 0 Å². The second-order valence-electron chi connectivity index (χ2n) is 3.19. The van der Waals surface area contributed by atoms with Crippen molar-refractivity contribution in [2.75, 3.05) is 12.8 Å². The lowest BCUT2D eigenvalue weighted by Gasteiger charge is -2.10. The first-order chi connectivity index (χ1) is 6.17. The summed E-state index contributed by atoms with van der Waals surface area (Å²) in [5.74, 6) is 0. The predicted molar refractivity (Wildman–Crippen MR) is 59.3 cm³/mol. The van der Waals surface area contributed by atoms with E-state index in [9.17, 15) is 4.57 Å². The van der Waals surface area contributed by atoms with E-state index in [2.05, 4.69) is 0 Å². The molecule has 0 aliphatic rings. The Bertz CT molecular complexity index is 327. The van der Waals surface area contributed by atoms with Crippen LogP contribution in [0, 0.1) is 0 Å². The molecule has 0 fully saturated rings. The summed E-state index contributed by atoms with van der Waals surface area (Å²) in [4.78, 5) is 0. The third-order valence-electron chi connectivity index (χ3n) is 1.99. The fraction of sp³-hybridized carbons (Fsp3) is 0.273. The van der Waals surface area contributed by atoms with Crippen LogP contribution in [0.1, 0.15) is 6.92 Å². The highest BCUT2D eigenvalue weighted by molar-refractivity contribution is 7.71. The van der Waals surface area contributed by atoms with Crippen LogP contribution < -0.4 is 5.30 Å². The molecule has 0 aromatic heterocycles. The Morgan fingerprint density at radius 1 is 1.31 bits per heavy atom. The maximum absolute atomic E-state index is 12.1. The van der Waals surface area contributed by atoms with Crippen molar-refractivity contribution < 1.29 is 4.57 Å². The smallest absolute Gasteiger partial charge is 0.116 e. The quantitative estimate of drug-likeness (QED) is 0.534. The van der Waals surface area contributed by atoms with Gasteiger partial charge >= 0.3 is 0 Å². The molecule has 0 saturated carbocycles. The van der Waals surface area contributed by atoms with Crippen LogP contribution in [0.15, 0.2) is 42.5 Å². The van der Waals surface area contributed by atoms with Crippen molar-refractivity contribution in [3.63, 3.8) is 0 Å². The summed E-state index contributed by atoms with van der Waals surface area (Å²) in [7, 11) is -2.15. The summed E-state index contributed by atoms with van der Waals surface area (Å²) in [5.41, 5.74) is 0. The molecule has 0 N–H and O–H groups in total. The van der Waals surface area contributed by atoms with E-state index in [0.29, 0.717) is 6.16 Å². The first kappa shape index (κ1) is 10.3. The first-order valence-electron chi connectivity index (χ1n) is 4.40. The molecular weight excluding hydrogens is 179 g/mol. The van der Waals surface area contributed by atoms with Gasteiger partial charge in [0, 0.05) is 11.5 Å². The second kappa shape index (κ2) is 4.43. The van der Waals surface area contributed by atoms with Crippen molar-refractivity contribution in [2.24, 2.45) is 0 Å². The van der Waals surface area contributed by atoms with Gasteiger partial charge in [-0.05, 0) is 13.6 Å². The van der Waals surface area contributed by atoms with Crippen molar-refractivity contribution >= 4 is 12.4 Å². The Hall–Kier alpha value is -0.810. The Labute approximate surface area is 79.9 Å². The van der Waals surface area contributed by atoms with Gasteiger partial charge < -0.3 is 4.57 Å². The fourth-order valence-electron chi connectivity index (χ4n) is 1.16. The summed E-state index contributed by atoms with van der Waals surface area (Å²) < 4.78 is 12.1. The minimum Gasteiger partial charge on any atom is -0.319 e. The van der Waals surface area contributed by atoms with Crippen LogP contribution in [0.2, 0.25) is 0 Å². The van der Waals surface area contributed by atoms with Gasteiger partial charge in [0.25, 0.3) is 0 Å². The lowest BCUT2D eigenvalue weighted by Crippen LogP contribution is -2.04. The Balaban J connectivity index is 2.88. The summed E-state index contributed by atoms with van der Waals surface area (Å²) >= 11 is 0. The van der Waals surface area contributed by atoms with E-state index >= 15 is 0 Å². The number of benzene rings is 1. The molecule has 1 aromatic rings. The van der Waals surface area contributed by atoms with Gasteiger partial charge in [-0.25, -0.2) is 0 Å². The zero-order valence-electron chi connectivity index (χ0n) is 8.10. The van der Waals surface area contributed by atoms with Crippen LogP contribution in [0.5, 0.6) is 0 Å². The molecule has 0 heterocycles. The standard InChI is InChI=1S/C11H15OP/c1-3-4-10-13(2,12)11-8-6-5-7-9-11/h3-9H,10H2,1-2H3/b4-3+. The molecule has 0 saturated heterocycles. The third kappa shape index (κ3) is 2.86. The van der Waals surface area contributed by atoms with Crippen molar-refractivity contribution in [2.45, 2.75) is 6.92 Å². The van der Waals surface area contributed by atoms with Gasteiger partial charge in [-0.1, -0.05) is 42.5 Å². The van der Waals surface area contributed by atoms with Crippen molar-refractivity contribution in [3.8, 4) is 0 Å². The van der Waals surface area contributed by atoms with Crippen molar-refractivity contribution in [1.82, 2.24) is 0 Å². The van der Waals surface area contributed by atoms with E-state index < -0.39 is 7.14 Å². The maximum atomic E-state index is 12.1. The summed E-state index contributed by atoms with van der Waals surface area (Å²) in [5, 5.41) is 0.966. The number of rotatable bonds is 3. The van der Waals surface area contributed by atoms with Gasteiger partial charge in [0.05, 0.1) is 0 Å². The topological polar surface area (TPSA) is 17.1 Å². The Morgan fingerprint density at radius 3 is 2.46 bits per heavy atom. The summed E-state index contributed by atoms with van der Waals surface area (Å²) in [6, 6.07) is 9.68. The van der Waals surface area contributed by atoms with E-state index in [1.807, 2.05) is 56.1 Å². The highest BCUT2D eigenvalue weighted by Gasteiger charge is 2.14. The number of hydrogen-bond donors (Lipinski definition) is 0. The molecule has 0 amide bonds. The first-order valence-corrected chi connectivity index (χ1v) is 6.74. The van der Waals surface area contributed by atoms with Crippen LogP contribution in [0.25, 0.3) is 0 Å². The van der Waals surface area contributed by atoms with Crippen molar-refractivity contribution in [3.05, 3.63) is 42.5 Å². The number of hydrogen-bond acceptors (Lipinski definition) is 1. The maximum Gasteiger partial charge on any atom is 0.116 e. The Morgan fingerprint density at radius 2 is 1.92 bits per heavy atom. The zero-order chi connectivity index (χ0) is 9.73. The molecule has 0 bridgehead atoms. The largest absolute Gasteiger partial charge is 0.319 e. The van der Waals surface area contributed by atoms with Crippen LogP contribution >= 0.6 is 7.14 Å². The normalized spacial score (nSPS) is 15.8. The minimum absolute atomic E-state index is 0.660. The van der Waals surface area contributed by atoms with E-state index in [1.54, 1.807) is 0 Å². The van der Waals surface area contributed by atoms with Crippen LogP contribution in [-0.4, -0.2) is 12.8 Å². The van der Waals surface area contributed by atoms with Gasteiger partial charge in [-0.2, -0.15) is 0 Å². The van der Waals surface area contributed by atoms with Gasteiger partial charge in [0.1, 0.15) is 7.14 Å². The second-order valence-corrected chi connectivity index (χ2v) is 6.27. The fourth-order valence-corrected chi connectivity index (χ4v) is 2.78. The molecule has 13 heavy (non-hydrogen) atoms. The van der Waals surface area contributed by atoms with Gasteiger partial charge in [0.2, 0.25) is 0 Å². The molecule has 1 aromatic carbocycles. The van der Waals surface area contributed by atoms with Gasteiger partial charge in [-0.3, -0.25) is 0 Å². The lowest BCUT2D eigenvalue weighted by atomic mass is 10.4. The van der Waals surface area contributed by atoms with Crippen LogP contribution in [-0.2, 0) is 4.57 Å². The summed E-state index contributed by atoms with van der Waals surface area (Å²) in [6.07, 6.45) is 4.57. The van der Waals surface area contributed by atoms with E-state index in [1.165, 1.54) is 0 Å². The molecule has 1 unspecified atom stereocenters. The summed E-state index contributed by atoms with van der Waals surface area (Å²) in [6.45, 7) is 3.79. The van der Waals surface area contributed by atoms with Gasteiger partial charge in [0.15, 0.2) is 0 Å². The van der Waals surface area contributed by atoms with Crippen molar-refractivity contribution in [1.29, 1.82) is 0 Å². The molecule has 0 radical (unpaired) electrons. The molecule has 0 aliphatic carbocycles. The molecule has 1 atom stereocenters. The molecule has 1 nitrogen and oxygen atoms in total. The zero-order valence-corrected chi connectivity index (χ0v) is 9.00. The molecule has 1 rings (SSSR count). The third-order valence-corrected chi connectivity index (χ3v) is 4.29. The van der Waals surface area contributed by atoms with Gasteiger partial charge in [-0.15, -0.1) is 0 Å². The average molecular weight is 194 g/mol. The Kier molecular flexibility index (Phi) is 3.50. The van der Waals surface area contributed by atoms with Crippen LogP contribution in [0.4, 0.5) is 0 Å². The van der Waals surface area contributed by atoms with E-state index in [0.717, 1.165) is 5.30 Å². The minimum atomic E-state index is -2.15. The molecule has 2 heteroatoms. The molecular formula is C11H15OP.